The molecule has 0 aliphatic heterocycles. The average molecular weight is 542 g/mol. The van der Waals surface area contributed by atoms with Gasteiger partial charge in [-0.15, -0.1) is 0 Å². The van der Waals surface area contributed by atoms with Gasteiger partial charge in [-0.3, -0.25) is 14.4 Å². The molecule has 208 valence electrons. The largest absolute Gasteiger partial charge is 0.508 e. The number of rotatable bonds is 17. The predicted octanol–water partition coefficient (Wildman–Crippen LogP) is -0.936. The zero-order chi connectivity index (χ0) is 28.0. The van der Waals surface area contributed by atoms with E-state index in [2.05, 4.69) is 16.0 Å². The van der Waals surface area contributed by atoms with Gasteiger partial charge in [0.1, 0.15) is 23.9 Å². The normalized spacial score (nSPS) is 15.1. The van der Waals surface area contributed by atoms with Gasteiger partial charge in [-0.1, -0.05) is 18.6 Å². The van der Waals surface area contributed by atoms with Crippen molar-refractivity contribution >= 4 is 35.5 Å². The fourth-order valence-electron chi connectivity index (χ4n) is 3.41. The van der Waals surface area contributed by atoms with Crippen molar-refractivity contribution in [1.29, 1.82) is 0 Å². The minimum absolute atomic E-state index is 0.0239. The van der Waals surface area contributed by atoms with Crippen LogP contribution >= 0.6 is 11.8 Å². The molecule has 12 nitrogen and oxygen atoms in total. The Hall–Kier alpha value is -2.87. The van der Waals surface area contributed by atoms with Crippen LogP contribution in [0.15, 0.2) is 24.3 Å². The van der Waals surface area contributed by atoms with Crippen molar-refractivity contribution in [3.63, 3.8) is 0 Å². The number of nitrogens with one attached hydrogen (secondary N) is 3. The number of aliphatic hydroxyl groups excluding tert-OH is 1. The Bertz CT molecular complexity index is 885. The molecule has 0 saturated carbocycles. The average Bonchev–Trinajstić information content (AvgIpc) is 2.85. The lowest BCUT2D eigenvalue weighted by atomic mass is 10.0. The molecule has 0 spiro atoms. The van der Waals surface area contributed by atoms with E-state index in [1.165, 1.54) is 30.8 Å². The summed E-state index contributed by atoms with van der Waals surface area (Å²) in [6.07, 6.45) is 2.34. The van der Waals surface area contributed by atoms with Gasteiger partial charge in [0, 0.05) is 6.42 Å². The Labute approximate surface area is 220 Å². The first kappa shape index (κ1) is 32.2. The van der Waals surface area contributed by atoms with Crippen molar-refractivity contribution in [2.75, 3.05) is 18.6 Å². The molecule has 1 aromatic carbocycles. The van der Waals surface area contributed by atoms with Crippen molar-refractivity contribution in [3.8, 4) is 5.75 Å². The van der Waals surface area contributed by atoms with Gasteiger partial charge in [0.25, 0.3) is 0 Å². The number of aliphatic carboxylic acids is 1. The van der Waals surface area contributed by atoms with Gasteiger partial charge in [0.15, 0.2) is 0 Å². The Morgan fingerprint density at radius 1 is 0.946 bits per heavy atom. The molecule has 0 fully saturated rings. The molecule has 3 amide bonds. The maximum Gasteiger partial charge on any atom is 0.326 e. The lowest BCUT2D eigenvalue weighted by Gasteiger charge is -2.26. The third-order valence-corrected chi connectivity index (χ3v) is 6.25. The standard InChI is InChI=1S/C24H39N5O7S/c1-14(30)20(29-21(32)17(26)5-3-4-11-25)23(34)27-18(10-12-37-2)22(33)28-19(24(35)36)13-15-6-8-16(31)9-7-15/h6-9,14,17-20,30-31H,3-5,10-13,25-26H2,1-2H3,(H,27,34)(H,28,33)(H,29,32)(H,35,36). The van der Waals surface area contributed by atoms with Crippen LogP contribution in [0.2, 0.25) is 0 Å². The molecule has 0 aliphatic rings. The molecule has 37 heavy (non-hydrogen) atoms. The summed E-state index contributed by atoms with van der Waals surface area (Å²) in [5, 5.41) is 36.6. The second-order valence-electron chi connectivity index (χ2n) is 8.73. The zero-order valence-electron chi connectivity index (χ0n) is 21.2. The number of hydrogen-bond donors (Lipinski definition) is 8. The van der Waals surface area contributed by atoms with Gasteiger partial charge in [-0.05, 0) is 62.4 Å². The highest BCUT2D eigenvalue weighted by Gasteiger charge is 2.32. The molecule has 5 atom stereocenters. The first-order chi connectivity index (χ1) is 17.5. The van der Waals surface area contributed by atoms with Gasteiger partial charge in [-0.25, -0.2) is 4.79 Å². The Balaban J connectivity index is 2.92. The first-order valence-electron chi connectivity index (χ1n) is 12.0. The van der Waals surface area contributed by atoms with Crippen LogP contribution in [0.3, 0.4) is 0 Å². The van der Waals surface area contributed by atoms with E-state index < -0.39 is 54.0 Å². The van der Waals surface area contributed by atoms with Gasteiger partial charge in [-0.2, -0.15) is 11.8 Å². The van der Waals surface area contributed by atoms with Gasteiger partial charge in [0.05, 0.1) is 12.1 Å². The zero-order valence-corrected chi connectivity index (χ0v) is 22.0. The monoisotopic (exact) mass is 541 g/mol. The topological polar surface area (TPSA) is 217 Å². The minimum atomic E-state index is -1.37. The molecule has 1 rings (SSSR count). The number of aromatic hydroxyl groups is 1. The Morgan fingerprint density at radius 2 is 1.57 bits per heavy atom. The van der Waals surface area contributed by atoms with E-state index >= 15 is 0 Å². The summed E-state index contributed by atoms with van der Waals surface area (Å²) in [5.74, 6) is -2.91. The molecule has 10 N–H and O–H groups in total. The number of aliphatic hydroxyl groups is 1. The van der Waals surface area contributed by atoms with Gasteiger partial charge < -0.3 is 42.7 Å². The number of thioether (sulfide) groups is 1. The molecule has 0 aromatic heterocycles. The van der Waals surface area contributed by atoms with Gasteiger partial charge in [0.2, 0.25) is 17.7 Å². The van der Waals surface area contributed by atoms with E-state index in [1.807, 2.05) is 6.26 Å². The minimum Gasteiger partial charge on any atom is -0.508 e. The third-order valence-electron chi connectivity index (χ3n) is 5.60. The third kappa shape index (κ3) is 11.8. The van der Waals surface area contributed by atoms with Crippen LogP contribution in [0, 0.1) is 0 Å². The van der Waals surface area contributed by atoms with Crippen LogP contribution < -0.4 is 27.4 Å². The number of amides is 3. The molecular formula is C24H39N5O7S. The lowest BCUT2D eigenvalue weighted by Crippen LogP contribution is -2.60. The number of hydrogen-bond acceptors (Lipinski definition) is 9. The van der Waals surface area contributed by atoms with Crippen molar-refractivity contribution in [2.45, 2.75) is 69.3 Å². The van der Waals surface area contributed by atoms with Crippen LogP contribution in [0.4, 0.5) is 0 Å². The number of carboxylic acid groups (broad SMARTS) is 1. The van der Waals surface area contributed by atoms with Gasteiger partial charge >= 0.3 is 5.97 Å². The van der Waals surface area contributed by atoms with Crippen molar-refractivity contribution in [3.05, 3.63) is 29.8 Å². The van der Waals surface area contributed by atoms with E-state index in [-0.39, 0.29) is 18.6 Å². The maximum atomic E-state index is 13.0. The van der Waals surface area contributed by atoms with Crippen molar-refractivity contribution < 1.29 is 34.5 Å². The van der Waals surface area contributed by atoms with Crippen molar-refractivity contribution in [1.82, 2.24) is 16.0 Å². The molecule has 0 bridgehead atoms. The number of nitrogens with two attached hydrogens (primary N) is 2. The van der Waals surface area contributed by atoms with Crippen LogP contribution in [0.5, 0.6) is 5.75 Å². The Morgan fingerprint density at radius 3 is 2.11 bits per heavy atom. The number of carbonyl (C=O) groups is 4. The summed E-state index contributed by atoms with van der Waals surface area (Å²) in [6.45, 7) is 1.78. The molecule has 13 heteroatoms. The fraction of sp³-hybridized carbons (Fsp3) is 0.583. The molecule has 0 radical (unpaired) electrons. The second-order valence-corrected chi connectivity index (χ2v) is 9.72. The number of carboxylic acids is 1. The van der Waals surface area contributed by atoms with E-state index in [9.17, 15) is 34.5 Å². The summed E-state index contributed by atoms with van der Waals surface area (Å²) >= 11 is 1.43. The molecule has 0 heterocycles. The molecule has 0 aliphatic carbocycles. The molecule has 0 saturated heterocycles. The maximum absolute atomic E-state index is 13.0. The first-order valence-corrected chi connectivity index (χ1v) is 13.4. The number of phenolic OH excluding ortho intramolecular Hbond substituents is 1. The summed E-state index contributed by atoms with van der Waals surface area (Å²) in [5.41, 5.74) is 11.9. The summed E-state index contributed by atoms with van der Waals surface area (Å²) in [7, 11) is 0. The molecule has 5 unspecified atom stereocenters. The highest BCUT2D eigenvalue weighted by atomic mass is 32.2. The van der Waals surface area contributed by atoms with Crippen LogP contribution in [-0.2, 0) is 25.6 Å². The summed E-state index contributed by atoms with van der Waals surface area (Å²) in [6, 6.07) is 1.24. The van der Waals surface area contributed by atoms with Crippen LogP contribution in [0.1, 0.15) is 38.2 Å². The number of carbonyl (C=O) groups excluding carboxylic acids is 3. The van der Waals surface area contributed by atoms with E-state index in [0.717, 1.165) is 0 Å². The number of phenols is 1. The summed E-state index contributed by atoms with van der Waals surface area (Å²) in [4.78, 5) is 50.2. The fourth-order valence-corrected chi connectivity index (χ4v) is 3.88. The molecule has 1 aromatic rings. The van der Waals surface area contributed by atoms with Crippen LogP contribution in [0.25, 0.3) is 0 Å². The van der Waals surface area contributed by atoms with Crippen LogP contribution in [-0.4, -0.2) is 87.8 Å². The SMILES string of the molecule is CSCCC(NC(=O)C(NC(=O)C(N)CCCCN)C(C)O)C(=O)NC(Cc1ccc(O)cc1)C(=O)O. The number of unbranched alkanes of at least 4 members (excludes halogenated alkanes) is 1. The van der Waals surface area contributed by atoms with E-state index in [4.69, 9.17) is 11.5 Å². The smallest absolute Gasteiger partial charge is 0.326 e. The second kappa shape index (κ2) is 16.8. The lowest BCUT2D eigenvalue weighted by molar-refractivity contribution is -0.142. The summed E-state index contributed by atoms with van der Waals surface area (Å²) < 4.78 is 0. The quantitative estimate of drug-likeness (QED) is 0.113. The van der Waals surface area contributed by atoms with E-state index in [1.54, 1.807) is 12.1 Å². The highest BCUT2D eigenvalue weighted by molar-refractivity contribution is 7.98. The highest BCUT2D eigenvalue weighted by Crippen LogP contribution is 2.12. The van der Waals surface area contributed by atoms with E-state index in [0.29, 0.717) is 37.1 Å². The Kier molecular flexibility index (Phi) is 14.6. The number of benzene rings is 1. The predicted molar refractivity (Wildman–Crippen MR) is 141 cm³/mol. The molecular weight excluding hydrogens is 502 g/mol. The van der Waals surface area contributed by atoms with Crippen molar-refractivity contribution in [2.24, 2.45) is 11.5 Å².